The van der Waals surface area contributed by atoms with Gasteiger partial charge in [0.05, 0.1) is 23.2 Å². The molecule has 1 aliphatic rings. The van der Waals surface area contributed by atoms with Crippen molar-refractivity contribution in [3.63, 3.8) is 0 Å². The van der Waals surface area contributed by atoms with E-state index in [1.807, 2.05) is 0 Å². The van der Waals surface area contributed by atoms with Crippen molar-refractivity contribution in [2.45, 2.75) is 19.8 Å². The van der Waals surface area contributed by atoms with E-state index in [1.54, 1.807) is 25.3 Å². The van der Waals surface area contributed by atoms with E-state index in [0.717, 1.165) is 31.6 Å². The number of likely N-dealkylation sites (tertiary alicyclic amines) is 1. The number of fused-ring (bicyclic) bond motifs is 1. The molecule has 0 amide bonds. The van der Waals surface area contributed by atoms with Gasteiger partial charge in [0.1, 0.15) is 6.61 Å². The van der Waals surface area contributed by atoms with Gasteiger partial charge in [0.25, 0.3) is 0 Å². The fraction of sp³-hybridized carbons (Fsp3) is 0.391. The van der Waals surface area contributed by atoms with E-state index in [-0.39, 0.29) is 21.7 Å². The summed E-state index contributed by atoms with van der Waals surface area (Å²) in [7, 11) is 1.55. The number of rotatable bonds is 6. The highest BCUT2D eigenvalue weighted by atomic mass is 35.5. The van der Waals surface area contributed by atoms with E-state index in [9.17, 15) is 13.9 Å². The molecule has 0 saturated carbocycles. The van der Waals surface area contributed by atoms with Crippen molar-refractivity contribution in [3.05, 3.63) is 47.1 Å². The van der Waals surface area contributed by atoms with Gasteiger partial charge in [-0.3, -0.25) is 9.47 Å². The molecule has 3 aromatic rings. The van der Waals surface area contributed by atoms with Crippen LogP contribution in [-0.4, -0.2) is 47.9 Å². The largest absolute Gasteiger partial charge is 0.494 e. The molecule has 4 rings (SSSR count). The summed E-state index contributed by atoms with van der Waals surface area (Å²) >= 11 is 6.04. The lowest BCUT2D eigenvalue weighted by atomic mass is 9.99. The molecule has 166 valence electrons. The highest BCUT2D eigenvalue weighted by molar-refractivity contribution is 6.36. The van der Waals surface area contributed by atoms with E-state index in [4.69, 9.17) is 21.1 Å². The molecule has 1 saturated heterocycles. The molecular formula is C23H25ClF2N2O3. The number of hydrogen-bond acceptors (Lipinski definition) is 4. The van der Waals surface area contributed by atoms with E-state index < -0.39 is 11.6 Å². The van der Waals surface area contributed by atoms with Crippen LogP contribution in [-0.2, 0) is 0 Å². The maximum atomic E-state index is 14.2. The van der Waals surface area contributed by atoms with Crippen LogP contribution in [0.3, 0.4) is 0 Å². The zero-order valence-corrected chi connectivity index (χ0v) is 18.3. The standard InChI is InChI=1S/C23H25ClF2N2O3/c1-14-5-7-27(8-6-14)9-10-31-20-11-15(3-4-19(20)30-2)28-13-16-21(23(28)29)17(24)12-18(25)22(16)26/h3-4,11-14,29H,5-10H2,1-2H3. The van der Waals surface area contributed by atoms with Gasteiger partial charge >= 0.3 is 0 Å². The fourth-order valence-corrected chi connectivity index (χ4v) is 4.25. The van der Waals surface area contributed by atoms with Gasteiger partial charge < -0.3 is 14.6 Å². The number of ether oxygens (including phenoxy) is 2. The van der Waals surface area contributed by atoms with Crippen LogP contribution >= 0.6 is 11.6 Å². The van der Waals surface area contributed by atoms with Crippen LogP contribution in [0.5, 0.6) is 17.4 Å². The molecule has 0 aliphatic carbocycles. The van der Waals surface area contributed by atoms with Crippen molar-refractivity contribution >= 4 is 22.4 Å². The minimum absolute atomic E-state index is 0.0539. The molecule has 0 spiro atoms. The Morgan fingerprint density at radius 3 is 2.61 bits per heavy atom. The average molecular weight is 451 g/mol. The van der Waals surface area contributed by atoms with Gasteiger partial charge in [0, 0.05) is 24.2 Å². The second-order valence-electron chi connectivity index (χ2n) is 7.97. The van der Waals surface area contributed by atoms with Crippen LogP contribution < -0.4 is 9.47 Å². The van der Waals surface area contributed by atoms with Crippen LogP contribution in [0.25, 0.3) is 16.5 Å². The molecule has 1 N–H and O–H groups in total. The van der Waals surface area contributed by atoms with Gasteiger partial charge in [0.15, 0.2) is 23.1 Å². The summed E-state index contributed by atoms with van der Waals surface area (Å²) in [6.45, 7) is 5.69. The quantitative estimate of drug-likeness (QED) is 0.512. The second-order valence-corrected chi connectivity index (χ2v) is 8.38. The zero-order chi connectivity index (χ0) is 22.1. The first-order valence-electron chi connectivity index (χ1n) is 10.3. The normalized spacial score (nSPS) is 15.5. The van der Waals surface area contributed by atoms with Gasteiger partial charge in [-0.1, -0.05) is 18.5 Å². The molecule has 1 aromatic heterocycles. The Hall–Kier alpha value is -2.51. The van der Waals surface area contributed by atoms with Crippen LogP contribution in [0.1, 0.15) is 19.8 Å². The van der Waals surface area contributed by atoms with E-state index in [2.05, 4.69) is 11.8 Å². The molecule has 1 fully saturated rings. The molecule has 5 nitrogen and oxygen atoms in total. The van der Waals surface area contributed by atoms with Crippen LogP contribution in [0, 0.1) is 17.6 Å². The SMILES string of the molecule is COc1ccc(-n2cc3c(F)c(F)cc(Cl)c3c2O)cc1OCCN1CCC(C)CC1. The summed E-state index contributed by atoms with van der Waals surface area (Å²) in [5, 5.41) is 10.5. The van der Waals surface area contributed by atoms with Crippen molar-refractivity contribution in [2.75, 3.05) is 33.4 Å². The Labute approximate surface area is 184 Å². The van der Waals surface area contributed by atoms with Gasteiger partial charge in [0.2, 0.25) is 5.88 Å². The molecule has 1 aliphatic heterocycles. The minimum Gasteiger partial charge on any atom is -0.494 e. The van der Waals surface area contributed by atoms with Crippen molar-refractivity contribution in [1.82, 2.24) is 9.47 Å². The molecule has 0 radical (unpaired) electrons. The Morgan fingerprint density at radius 1 is 1.16 bits per heavy atom. The summed E-state index contributed by atoms with van der Waals surface area (Å²) in [6, 6.07) is 5.94. The first-order chi connectivity index (χ1) is 14.9. The van der Waals surface area contributed by atoms with Crippen LogP contribution in [0.2, 0.25) is 5.02 Å². The second kappa shape index (κ2) is 8.93. The van der Waals surface area contributed by atoms with Crippen molar-refractivity contribution in [2.24, 2.45) is 5.92 Å². The van der Waals surface area contributed by atoms with Gasteiger partial charge in [-0.15, -0.1) is 0 Å². The summed E-state index contributed by atoms with van der Waals surface area (Å²) in [5.74, 6) is -0.597. The van der Waals surface area contributed by atoms with Crippen LogP contribution in [0.15, 0.2) is 30.5 Å². The van der Waals surface area contributed by atoms with E-state index >= 15 is 0 Å². The number of methoxy groups -OCH3 is 1. The minimum atomic E-state index is -1.07. The summed E-state index contributed by atoms with van der Waals surface area (Å²) in [5.41, 5.74) is 0.507. The number of halogens is 3. The van der Waals surface area contributed by atoms with Gasteiger partial charge in [-0.25, -0.2) is 8.78 Å². The lowest BCUT2D eigenvalue weighted by molar-refractivity contribution is 0.158. The number of aromatic hydroxyl groups is 1. The Morgan fingerprint density at radius 2 is 1.90 bits per heavy atom. The Balaban J connectivity index is 1.59. The summed E-state index contributed by atoms with van der Waals surface area (Å²) < 4.78 is 40.7. The highest BCUT2D eigenvalue weighted by Crippen LogP contribution is 2.39. The zero-order valence-electron chi connectivity index (χ0n) is 17.5. The molecule has 0 unspecified atom stereocenters. The number of benzene rings is 2. The van der Waals surface area contributed by atoms with E-state index in [1.165, 1.54) is 23.6 Å². The first kappa shape index (κ1) is 21.7. The average Bonchev–Trinajstić information content (AvgIpc) is 3.11. The van der Waals surface area contributed by atoms with Gasteiger partial charge in [-0.05, 0) is 50.0 Å². The molecule has 0 bridgehead atoms. The molecular weight excluding hydrogens is 426 g/mol. The molecule has 31 heavy (non-hydrogen) atoms. The molecule has 8 heteroatoms. The summed E-state index contributed by atoms with van der Waals surface area (Å²) in [6.07, 6.45) is 3.70. The molecule has 2 heterocycles. The predicted octanol–water partition coefficient (Wildman–Crippen LogP) is 5.39. The van der Waals surface area contributed by atoms with Crippen molar-refractivity contribution in [1.29, 1.82) is 0 Å². The summed E-state index contributed by atoms with van der Waals surface area (Å²) in [4.78, 5) is 2.38. The number of piperidine rings is 1. The topological polar surface area (TPSA) is 46.9 Å². The smallest absolute Gasteiger partial charge is 0.205 e. The maximum absolute atomic E-state index is 14.2. The maximum Gasteiger partial charge on any atom is 0.205 e. The molecule has 0 atom stereocenters. The van der Waals surface area contributed by atoms with Crippen molar-refractivity contribution < 1.29 is 23.4 Å². The third-order valence-corrected chi connectivity index (χ3v) is 6.18. The number of nitrogens with zero attached hydrogens (tertiary/aromatic N) is 2. The van der Waals surface area contributed by atoms with E-state index in [0.29, 0.717) is 23.8 Å². The highest BCUT2D eigenvalue weighted by Gasteiger charge is 2.20. The number of hydrogen-bond donors (Lipinski definition) is 1. The number of aromatic nitrogens is 1. The van der Waals surface area contributed by atoms with Crippen molar-refractivity contribution in [3.8, 4) is 23.1 Å². The predicted molar refractivity (Wildman–Crippen MR) is 117 cm³/mol. The third kappa shape index (κ3) is 4.29. The lowest BCUT2D eigenvalue weighted by Crippen LogP contribution is -2.35. The lowest BCUT2D eigenvalue weighted by Gasteiger charge is -2.30. The molecule has 2 aromatic carbocycles. The monoisotopic (exact) mass is 450 g/mol. The van der Waals surface area contributed by atoms with Gasteiger partial charge in [-0.2, -0.15) is 0 Å². The first-order valence-corrected chi connectivity index (χ1v) is 10.7. The fourth-order valence-electron chi connectivity index (χ4n) is 3.97. The third-order valence-electron chi connectivity index (χ3n) is 5.88. The Bertz CT molecular complexity index is 1090. The Kier molecular flexibility index (Phi) is 6.25. The van der Waals surface area contributed by atoms with Crippen LogP contribution in [0.4, 0.5) is 8.78 Å².